The number of aryl methyl sites for hydroxylation is 2. The van der Waals surface area contributed by atoms with Crippen molar-refractivity contribution < 1.29 is 19.1 Å². The minimum absolute atomic E-state index is 0.209. The Morgan fingerprint density at radius 2 is 1.67 bits per heavy atom. The number of rotatable bonds is 6. The van der Waals surface area contributed by atoms with Crippen molar-refractivity contribution in [2.75, 3.05) is 11.9 Å². The Kier molecular flexibility index (Phi) is 6.65. The molecule has 27 heavy (non-hydrogen) atoms. The molecule has 8 nitrogen and oxygen atoms in total. The van der Waals surface area contributed by atoms with Crippen LogP contribution in [0, 0.1) is 13.8 Å². The number of carbonyl (C=O) groups excluding carboxylic acids is 3. The van der Waals surface area contributed by atoms with Gasteiger partial charge in [-0.15, -0.1) is 0 Å². The van der Waals surface area contributed by atoms with Crippen molar-refractivity contribution in [3.63, 3.8) is 0 Å². The molecule has 2 aromatic carbocycles. The van der Waals surface area contributed by atoms with Gasteiger partial charge in [-0.05, 0) is 54.8 Å². The number of carbonyl (C=O) groups is 3. The minimum atomic E-state index is -0.879. The number of primary amides is 1. The fraction of sp³-hybridized carbons (Fsp3) is 0.158. The highest BCUT2D eigenvalue weighted by molar-refractivity contribution is 6.39. The van der Waals surface area contributed by atoms with E-state index >= 15 is 0 Å². The van der Waals surface area contributed by atoms with Crippen LogP contribution in [0.15, 0.2) is 47.6 Å². The number of ether oxygens (including phenoxy) is 1. The van der Waals surface area contributed by atoms with E-state index in [4.69, 9.17) is 10.5 Å². The molecule has 0 heterocycles. The Morgan fingerprint density at radius 1 is 1.04 bits per heavy atom. The van der Waals surface area contributed by atoms with E-state index in [2.05, 4.69) is 15.8 Å². The van der Waals surface area contributed by atoms with E-state index in [1.54, 1.807) is 24.3 Å². The lowest BCUT2D eigenvalue weighted by molar-refractivity contribution is -0.136. The molecule has 0 aliphatic heterocycles. The Hall–Kier alpha value is -3.68. The summed E-state index contributed by atoms with van der Waals surface area (Å²) in [6.45, 7) is 3.48. The number of hydrogen-bond acceptors (Lipinski definition) is 5. The zero-order chi connectivity index (χ0) is 19.8. The van der Waals surface area contributed by atoms with Gasteiger partial charge in [0.1, 0.15) is 5.75 Å². The highest BCUT2D eigenvalue weighted by Gasteiger charge is 2.15. The number of benzene rings is 2. The normalized spacial score (nSPS) is 10.4. The third kappa shape index (κ3) is 5.96. The molecule has 2 aromatic rings. The second-order valence-electron chi connectivity index (χ2n) is 5.74. The molecular formula is C19H20N4O4. The predicted molar refractivity (Wildman–Crippen MR) is 101 cm³/mol. The summed E-state index contributed by atoms with van der Waals surface area (Å²) in [6.07, 6.45) is 1.38. The van der Waals surface area contributed by atoms with Crippen LogP contribution in [0.25, 0.3) is 0 Å². The molecule has 0 aliphatic carbocycles. The number of hydrogen-bond donors (Lipinski definition) is 3. The van der Waals surface area contributed by atoms with E-state index in [0.717, 1.165) is 11.1 Å². The van der Waals surface area contributed by atoms with Crippen LogP contribution in [0.2, 0.25) is 0 Å². The van der Waals surface area contributed by atoms with Crippen molar-refractivity contribution in [3.05, 3.63) is 59.2 Å². The Morgan fingerprint density at radius 3 is 2.26 bits per heavy atom. The summed E-state index contributed by atoms with van der Waals surface area (Å²) in [6, 6.07) is 12.1. The molecule has 0 aliphatic rings. The molecule has 8 heteroatoms. The first-order chi connectivity index (χ1) is 12.9. The summed E-state index contributed by atoms with van der Waals surface area (Å²) in [7, 11) is 0. The molecule has 0 fully saturated rings. The standard InChI is InChI=1S/C19H20N4O4/c1-12-4-3-5-13(2)17(12)22-18(25)19(26)23-21-10-14-6-8-15(9-7-14)27-11-16(20)24/h3-10H,11H2,1-2H3,(H2,20,24)(H,22,25)(H,23,26)/b21-10+. The van der Waals surface area contributed by atoms with Gasteiger partial charge in [-0.25, -0.2) is 5.43 Å². The molecule has 0 atom stereocenters. The average Bonchev–Trinajstić information content (AvgIpc) is 2.64. The van der Waals surface area contributed by atoms with E-state index in [9.17, 15) is 14.4 Å². The van der Waals surface area contributed by atoms with Gasteiger partial charge in [0.2, 0.25) is 0 Å². The second kappa shape index (κ2) is 9.14. The van der Waals surface area contributed by atoms with E-state index in [1.165, 1.54) is 6.21 Å². The third-order valence-electron chi connectivity index (χ3n) is 3.57. The number of nitrogens with two attached hydrogens (primary N) is 1. The van der Waals surface area contributed by atoms with E-state index in [1.807, 2.05) is 32.0 Å². The first-order valence-electron chi connectivity index (χ1n) is 8.08. The van der Waals surface area contributed by atoms with Crippen LogP contribution in [0.4, 0.5) is 5.69 Å². The smallest absolute Gasteiger partial charge is 0.329 e. The predicted octanol–water partition coefficient (Wildman–Crippen LogP) is 1.26. The third-order valence-corrected chi connectivity index (χ3v) is 3.57. The number of hydrazone groups is 1. The van der Waals surface area contributed by atoms with Crippen molar-refractivity contribution in [2.24, 2.45) is 10.8 Å². The summed E-state index contributed by atoms with van der Waals surface area (Å²) >= 11 is 0. The number of anilines is 1. The molecule has 0 aromatic heterocycles. The molecule has 2 rings (SSSR count). The van der Waals surface area contributed by atoms with Crippen LogP contribution in [0.3, 0.4) is 0 Å². The SMILES string of the molecule is Cc1cccc(C)c1NC(=O)C(=O)N/N=C/c1ccc(OCC(N)=O)cc1. The van der Waals surface area contributed by atoms with Crippen LogP contribution in [-0.2, 0) is 14.4 Å². The molecular weight excluding hydrogens is 348 g/mol. The maximum absolute atomic E-state index is 12.0. The van der Waals surface area contributed by atoms with Crippen molar-refractivity contribution in [2.45, 2.75) is 13.8 Å². The first kappa shape index (κ1) is 19.6. The lowest BCUT2D eigenvalue weighted by Crippen LogP contribution is -2.32. The molecule has 0 spiro atoms. The van der Waals surface area contributed by atoms with Gasteiger partial charge in [0, 0.05) is 5.69 Å². The van der Waals surface area contributed by atoms with Crippen LogP contribution < -0.4 is 21.2 Å². The fourth-order valence-corrected chi connectivity index (χ4v) is 2.20. The molecule has 3 amide bonds. The van der Waals surface area contributed by atoms with E-state index in [0.29, 0.717) is 17.0 Å². The summed E-state index contributed by atoms with van der Waals surface area (Å²) < 4.78 is 5.13. The number of nitrogens with one attached hydrogen (secondary N) is 2. The molecule has 0 unspecified atom stereocenters. The minimum Gasteiger partial charge on any atom is -0.484 e. The number of amides is 3. The van der Waals surface area contributed by atoms with Gasteiger partial charge >= 0.3 is 11.8 Å². The van der Waals surface area contributed by atoms with E-state index in [-0.39, 0.29) is 6.61 Å². The fourth-order valence-electron chi connectivity index (χ4n) is 2.20. The van der Waals surface area contributed by atoms with Gasteiger partial charge in [0.15, 0.2) is 6.61 Å². The van der Waals surface area contributed by atoms with Crippen molar-refractivity contribution >= 4 is 29.6 Å². The highest BCUT2D eigenvalue weighted by atomic mass is 16.5. The lowest BCUT2D eigenvalue weighted by Gasteiger charge is -2.10. The molecule has 4 N–H and O–H groups in total. The molecule has 0 bridgehead atoms. The van der Waals surface area contributed by atoms with Gasteiger partial charge in [-0.1, -0.05) is 18.2 Å². The lowest BCUT2D eigenvalue weighted by atomic mass is 10.1. The van der Waals surface area contributed by atoms with Gasteiger partial charge in [0.25, 0.3) is 5.91 Å². The highest BCUT2D eigenvalue weighted by Crippen LogP contribution is 2.19. The maximum Gasteiger partial charge on any atom is 0.329 e. The Balaban J connectivity index is 1.88. The summed E-state index contributed by atoms with van der Waals surface area (Å²) in [4.78, 5) is 34.5. The van der Waals surface area contributed by atoms with Crippen molar-refractivity contribution in [1.29, 1.82) is 0 Å². The zero-order valence-corrected chi connectivity index (χ0v) is 15.0. The largest absolute Gasteiger partial charge is 0.484 e. The number of nitrogens with zero attached hydrogens (tertiary/aromatic N) is 1. The van der Waals surface area contributed by atoms with E-state index < -0.39 is 17.7 Å². The summed E-state index contributed by atoms with van der Waals surface area (Å²) in [5.74, 6) is -1.78. The first-order valence-corrected chi connectivity index (χ1v) is 8.08. The van der Waals surface area contributed by atoms with Gasteiger partial charge in [0.05, 0.1) is 6.21 Å². The summed E-state index contributed by atoms with van der Waals surface area (Å²) in [5.41, 5.74) is 10.2. The average molecular weight is 368 g/mol. The van der Waals surface area contributed by atoms with Crippen LogP contribution in [0.5, 0.6) is 5.75 Å². The van der Waals surface area contributed by atoms with Crippen LogP contribution in [-0.4, -0.2) is 30.5 Å². The quantitative estimate of drug-likeness (QED) is 0.403. The zero-order valence-electron chi connectivity index (χ0n) is 15.0. The second-order valence-corrected chi connectivity index (χ2v) is 5.74. The van der Waals surface area contributed by atoms with Gasteiger partial charge in [-0.3, -0.25) is 14.4 Å². The molecule has 0 saturated heterocycles. The Labute approximate surface area is 156 Å². The summed E-state index contributed by atoms with van der Waals surface area (Å²) in [5, 5.41) is 6.33. The number of para-hydroxylation sites is 1. The van der Waals surface area contributed by atoms with Crippen LogP contribution >= 0.6 is 0 Å². The molecule has 140 valence electrons. The molecule has 0 radical (unpaired) electrons. The topological polar surface area (TPSA) is 123 Å². The van der Waals surface area contributed by atoms with Gasteiger partial charge in [-0.2, -0.15) is 5.10 Å². The Bertz CT molecular complexity index is 856. The van der Waals surface area contributed by atoms with Crippen molar-refractivity contribution in [1.82, 2.24) is 5.43 Å². The maximum atomic E-state index is 12.0. The van der Waals surface area contributed by atoms with Gasteiger partial charge < -0.3 is 15.8 Å². The monoisotopic (exact) mass is 368 g/mol. The molecule has 0 saturated carbocycles. The van der Waals surface area contributed by atoms with Crippen LogP contribution in [0.1, 0.15) is 16.7 Å². The van der Waals surface area contributed by atoms with Crippen molar-refractivity contribution in [3.8, 4) is 5.75 Å².